The molecular weight excluding hydrogens is 490 g/mol. The molecule has 40 heavy (non-hydrogen) atoms. The second-order valence-corrected chi connectivity index (χ2v) is 12.2. The van der Waals surface area contributed by atoms with Gasteiger partial charge in [-0.3, -0.25) is 4.40 Å². The van der Waals surface area contributed by atoms with Crippen LogP contribution in [-0.4, -0.2) is 20.2 Å². The van der Waals surface area contributed by atoms with Crippen molar-refractivity contribution in [1.82, 2.24) is 14.6 Å². The van der Waals surface area contributed by atoms with Crippen molar-refractivity contribution in [2.75, 3.05) is 0 Å². The Balaban J connectivity index is 1.29. The largest absolute Gasteiger partial charge is 0.482 e. The van der Waals surface area contributed by atoms with Gasteiger partial charge in [-0.25, -0.2) is 0 Å². The summed E-state index contributed by atoms with van der Waals surface area (Å²) < 4.78 is 8.95. The first kappa shape index (κ1) is 25.1. The van der Waals surface area contributed by atoms with Gasteiger partial charge >= 0.3 is 0 Å². The van der Waals surface area contributed by atoms with Crippen LogP contribution in [0.15, 0.2) is 78.5 Å². The van der Waals surface area contributed by atoms with E-state index in [0.717, 1.165) is 54.9 Å². The molecule has 0 spiro atoms. The van der Waals surface area contributed by atoms with Gasteiger partial charge in [0.05, 0.1) is 0 Å². The summed E-state index contributed by atoms with van der Waals surface area (Å²) >= 11 is 0. The minimum absolute atomic E-state index is 0.238. The molecule has 3 heterocycles. The molecule has 2 aromatic heterocycles. The molecule has 0 radical (unpaired) electrons. The molecule has 4 nitrogen and oxygen atoms in total. The van der Waals surface area contributed by atoms with Crippen molar-refractivity contribution in [1.29, 1.82) is 0 Å². The van der Waals surface area contributed by atoms with Crippen molar-refractivity contribution >= 4 is 11.7 Å². The maximum atomic E-state index is 6.82. The minimum atomic E-state index is -0.348. The lowest BCUT2D eigenvalue weighted by atomic mass is 9.78. The molecule has 0 saturated heterocycles. The fourth-order valence-corrected chi connectivity index (χ4v) is 6.71. The first-order chi connectivity index (χ1) is 19.4. The Hall–Kier alpha value is -3.92. The summed E-state index contributed by atoms with van der Waals surface area (Å²) in [6, 6.07) is 15.7. The summed E-state index contributed by atoms with van der Waals surface area (Å²) in [5, 5.41) is 9.20. The number of hydrogen-bond acceptors (Lipinski definition) is 3. The predicted molar refractivity (Wildman–Crippen MR) is 164 cm³/mol. The van der Waals surface area contributed by atoms with Crippen LogP contribution in [0.5, 0.6) is 5.75 Å². The van der Waals surface area contributed by atoms with Gasteiger partial charge in [0.15, 0.2) is 11.5 Å². The lowest BCUT2D eigenvalue weighted by molar-refractivity contribution is 0.155. The zero-order valence-electron chi connectivity index (χ0n) is 23.9. The number of aryl methyl sites for hydroxylation is 1. The number of benzene rings is 2. The topological polar surface area (TPSA) is 39.4 Å². The molecular formula is C36H37N3O. The first-order valence-electron chi connectivity index (χ1n) is 14.8. The molecule has 0 fully saturated rings. The lowest BCUT2D eigenvalue weighted by Crippen LogP contribution is -2.32. The van der Waals surface area contributed by atoms with Gasteiger partial charge in [0.25, 0.3) is 0 Å². The van der Waals surface area contributed by atoms with Crippen LogP contribution < -0.4 is 4.74 Å². The first-order valence-corrected chi connectivity index (χ1v) is 14.8. The molecule has 0 amide bonds. The van der Waals surface area contributed by atoms with Crippen LogP contribution in [0.3, 0.4) is 0 Å². The summed E-state index contributed by atoms with van der Waals surface area (Å²) in [5.74, 6) is 2.73. The van der Waals surface area contributed by atoms with Crippen LogP contribution in [0, 0.1) is 5.92 Å². The van der Waals surface area contributed by atoms with Crippen molar-refractivity contribution in [3.05, 3.63) is 101 Å². The monoisotopic (exact) mass is 527 g/mol. The van der Waals surface area contributed by atoms with Gasteiger partial charge in [-0.15, -0.1) is 10.2 Å². The van der Waals surface area contributed by atoms with E-state index in [0.29, 0.717) is 5.92 Å². The average Bonchev–Trinajstić information content (AvgIpc) is 3.52. The number of pyridine rings is 1. The van der Waals surface area contributed by atoms with Gasteiger partial charge in [0.1, 0.15) is 11.4 Å². The normalized spacial score (nSPS) is 20.8. The Kier molecular flexibility index (Phi) is 6.03. The van der Waals surface area contributed by atoms with Crippen LogP contribution in [0.2, 0.25) is 0 Å². The number of fused-ring (bicyclic) bond motifs is 6. The summed E-state index contributed by atoms with van der Waals surface area (Å²) in [6.07, 6.45) is 18.9. The van der Waals surface area contributed by atoms with Crippen molar-refractivity contribution in [2.45, 2.75) is 71.3 Å². The highest BCUT2D eigenvalue weighted by Crippen LogP contribution is 2.53. The molecule has 2 aromatic carbocycles. The molecule has 2 aliphatic carbocycles. The van der Waals surface area contributed by atoms with E-state index >= 15 is 0 Å². The summed E-state index contributed by atoms with van der Waals surface area (Å²) in [5.41, 5.74) is 10.7. The number of ether oxygens (including phenoxy) is 1. The Morgan fingerprint density at radius 1 is 1.05 bits per heavy atom. The summed E-state index contributed by atoms with van der Waals surface area (Å²) in [6.45, 7) is 9.06. The van der Waals surface area contributed by atoms with Gasteiger partial charge in [0.2, 0.25) is 0 Å². The maximum absolute atomic E-state index is 6.82. The van der Waals surface area contributed by atoms with E-state index in [2.05, 4.69) is 121 Å². The molecule has 3 aliphatic rings. The third-order valence-corrected chi connectivity index (χ3v) is 8.67. The van der Waals surface area contributed by atoms with Gasteiger partial charge in [-0.1, -0.05) is 87.4 Å². The van der Waals surface area contributed by atoms with Crippen LogP contribution in [0.1, 0.15) is 75.1 Å². The van der Waals surface area contributed by atoms with Gasteiger partial charge in [0, 0.05) is 34.4 Å². The number of nitrogens with zero attached hydrogens (tertiary/aromatic N) is 3. The van der Waals surface area contributed by atoms with Crippen LogP contribution >= 0.6 is 0 Å². The highest BCUT2D eigenvalue weighted by molar-refractivity contribution is 5.78. The minimum Gasteiger partial charge on any atom is -0.482 e. The molecule has 0 bridgehead atoms. The highest BCUT2D eigenvalue weighted by Gasteiger charge is 2.44. The smallest absolute Gasteiger partial charge is 0.168 e. The van der Waals surface area contributed by atoms with Gasteiger partial charge < -0.3 is 4.74 Å². The van der Waals surface area contributed by atoms with E-state index in [1.165, 1.54) is 39.0 Å². The molecule has 2 unspecified atom stereocenters. The second kappa shape index (κ2) is 9.62. The molecule has 7 rings (SSSR count). The molecule has 1 aliphatic heterocycles. The SMILES string of the molecule is CCCC1=CC2c3cc(CC(C)C)cc(-c4ccc(-c5nnc6c7c(ccn56)C=CCC7)cc4)c3OC2(C)C=C1. The Labute approximate surface area is 237 Å². The quantitative estimate of drug-likeness (QED) is 0.252. The predicted octanol–water partition coefficient (Wildman–Crippen LogP) is 8.75. The summed E-state index contributed by atoms with van der Waals surface area (Å²) in [4.78, 5) is 0. The third-order valence-electron chi connectivity index (χ3n) is 8.67. The van der Waals surface area contributed by atoms with E-state index < -0.39 is 0 Å². The average molecular weight is 528 g/mol. The fourth-order valence-electron chi connectivity index (χ4n) is 6.71. The molecule has 2 atom stereocenters. The molecule has 0 N–H and O–H groups in total. The van der Waals surface area contributed by atoms with Crippen molar-refractivity contribution in [3.63, 3.8) is 0 Å². The standard InChI is InChI=1S/C36H37N3O/c1-5-8-24-15-17-36(4)32(22-24)31-21-25(19-23(2)3)20-30(33(31)40-36)27-11-13-28(14-12-27)34-37-38-35-29-10-7-6-9-26(29)16-18-39(34)35/h6,9,11-18,20-23,32H,5,7-8,10,19H2,1-4H3. The van der Waals surface area contributed by atoms with E-state index in [1.807, 2.05) is 0 Å². The summed E-state index contributed by atoms with van der Waals surface area (Å²) in [7, 11) is 0. The zero-order valence-corrected chi connectivity index (χ0v) is 23.9. The third kappa shape index (κ3) is 4.13. The van der Waals surface area contributed by atoms with E-state index in [4.69, 9.17) is 4.74 Å². The van der Waals surface area contributed by atoms with Crippen molar-refractivity contribution in [3.8, 4) is 28.3 Å². The maximum Gasteiger partial charge on any atom is 0.168 e. The van der Waals surface area contributed by atoms with Gasteiger partial charge in [-0.05, 0) is 73.4 Å². The fraction of sp³-hybridized carbons (Fsp3) is 0.333. The van der Waals surface area contributed by atoms with E-state index in [1.54, 1.807) is 0 Å². The van der Waals surface area contributed by atoms with Crippen molar-refractivity contribution in [2.24, 2.45) is 5.92 Å². The second-order valence-electron chi connectivity index (χ2n) is 12.2. The number of rotatable bonds is 6. The number of hydrogen-bond donors (Lipinski definition) is 0. The molecule has 4 heteroatoms. The Bertz CT molecular complexity index is 1700. The van der Waals surface area contributed by atoms with Gasteiger partial charge in [-0.2, -0.15) is 0 Å². The number of allylic oxidation sites excluding steroid dienone is 3. The highest BCUT2D eigenvalue weighted by atomic mass is 16.5. The van der Waals surface area contributed by atoms with Crippen LogP contribution in [0.4, 0.5) is 0 Å². The number of aromatic nitrogens is 3. The van der Waals surface area contributed by atoms with E-state index in [-0.39, 0.29) is 11.5 Å². The zero-order chi connectivity index (χ0) is 27.4. The van der Waals surface area contributed by atoms with Crippen LogP contribution in [-0.2, 0) is 12.8 Å². The van der Waals surface area contributed by atoms with E-state index in [9.17, 15) is 0 Å². The molecule has 202 valence electrons. The Morgan fingerprint density at radius 2 is 1.88 bits per heavy atom. The molecule has 4 aromatic rings. The Morgan fingerprint density at radius 3 is 2.67 bits per heavy atom. The van der Waals surface area contributed by atoms with Crippen molar-refractivity contribution < 1.29 is 4.74 Å². The van der Waals surface area contributed by atoms with Crippen LogP contribution in [0.25, 0.3) is 34.2 Å². The lowest BCUT2D eigenvalue weighted by Gasteiger charge is -2.29. The molecule has 0 saturated carbocycles.